The lowest BCUT2D eigenvalue weighted by atomic mass is 10.0. The third kappa shape index (κ3) is 6.21. The number of quaternary nitrogens is 1. The monoisotopic (exact) mass is 398 g/mol. The van der Waals surface area contributed by atoms with Crippen molar-refractivity contribution < 1.29 is 27.6 Å². The van der Waals surface area contributed by atoms with Gasteiger partial charge in [0.15, 0.2) is 22.9 Å². The molecule has 2 rings (SSSR count). The van der Waals surface area contributed by atoms with E-state index in [-0.39, 0.29) is 36.4 Å². The van der Waals surface area contributed by atoms with Gasteiger partial charge in [-0.1, -0.05) is 12.1 Å². The summed E-state index contributed by atoms with van der Waals surface area (Å²) in [5.41, 5.74) is -0.150. The van der Waals surface area contributed by atoms with E-state index in [1.165, 1.54) is 7.11 Å². The highest BCUT2D eigenvalue weighted by atomic mass is 32.2. The summed E-state index contributed by atoms with van der Waals surface area (Å²) in [5, 5.41) is 5.62. The molecule has 8 nitrogen and oxygen atoms in total. The van der Waals surface area contributed by atoms with E-state index in [1.54, 1.807) is 25.1 Å². The minimum atomic E-state index is -3.09. The van der Waals surface area contributed by atoms with Crippen LogP contribution in [-0.2, 0) is 19.4 Å². The van der Waals surface area contributed by atoms with Gasteiger partial charge in [-0.3, -0.25) is 9.59 Å². The number of ether oxygens (including phenoxy) is 1. The molecule has 1 aromatic carbocycles. The Labute approximate surface area is 160 Å². The molecule has 27 heavy (non-hydrogen) atoms. The summed E-state index contributed by atoms with van der Waals surface area (Å²) in [6.45, 7) is 4.44. The number of carbonyl (C=O) groups is 2. The highest BCUT2D eigenvalue weighted by molar-refractivity contribution is 7.91. The molecule has 0 saturated carbocycles. The summed E-state index contributed by atoms with van der Waals surface area (Å²) in [7, 11) is -1.56. The van der Waals surface area contributed by atoms with Crippen molar-refractivity contribution >= 4 is 27.3 Å². The third-order valence-electron chi connectivity index (χ3n) is 4.65. The highest BCUT2D eigenvalue weighted by Crippen LogP contribution is 2.23. The lowest BCUT2D eigenvalue weighted by Gasteiger charge is -2.25. The van der Waals surface area contributed by atoms with E-state index in [0.717, 1.165) is 4.90 Å². The van der Waals surface area contributed by atoms with E-state index < -0.39 is 15.4 Å². The Morgan fingerprint density at radius 3 is 2.48 bits per heavy atom. The Morgan fingerprint density at radius 2 is 1.89 bits per heavy atom. The highest BCUT2D eigenvalue weighted by Gasteiger charge is 2.39. The standard InChI is InChI=1S/C18H27N3O5S/c1-4-21(11-16(22)19-14-7-5-6-8-15(14)26-3)12-17(23)20-18(2)9-10-27(24,25)13-18/h5-8H,4,9-13H2,1-3H3,(H,19,22)(H,20,23)/p+1/t18-/m1/s1. The number of rotatable bonds is 8. The zero-order chi connectivity index (χ0) is 20.1. The van der Waals surface area contributed by atoms with Crippen molar-refractivity contribution in [2.75, 3.05) is 43.6 Å². The van der Waals surface area contributed by atoms with Crippen LogP contribution in [0.1, 0.15) is 20.3 Å². The number of anilines is 1. The molecule has 2 atom stereocenters. The molecule has 1 heterocycles. The molecular formula is C18H28N3O5S+. The van der Waals surface area contributed by atoms with Gasteiger partial charge in [0.05, 0.1) is 36.4 Å². The lowest BCUT2D eigenvalue weighted by Crippen LogP contribution is -3.14. The summed E-state index contributed by atoms with van der Waals surface area (Å²) in [6, 6.07) is 7.11. The van der Waals surface area contributed by atoms with Crippen LogP contribution in [0.5, 0.6) is 5.75 Å². The van der Waals surface area contributed by atoms with Crippen LogP contribution in [0.15, 0.2) is 24.3 Å². The predicted molar refractivity (Wildman–Crippen MR) is 103 cm³/mol. The maximum Gasteiger partial charge on any atom is 0.279 e. The number of benzene rings is 1. The first-order valence-electron chi connectivity index (χ1n) is 8.94. The molecule has 2 amide bonds. The number of sulfone groups is 1. The summed E-state index contributed by atoms with van der Waals surface area (Å²) in [5.74, 6) is 0.143. The predicted octanol–water partition coefficient (Wildman–Crippen LogP) is -0.768. The van der Waals surface area contributed by atoms with Crippen molar-refractivity contribution in [2.45, 2.75) is 25.8 Å². The van der Waals surface area contributed by atoms with E-state index in [2.05, 4.69) is 10.6 Å². The van der Waals surface area contributed by atoms with Crippen molar-refractivity contribution in [1.82, 2.24) is 5.32 Å². The van der Waals surface area contributed by atoms with Gasteiger partial charge >= 0.3 is 0 Å². The fraction of sp³-hybridized carbons (Fsp3) is 0.556. The SMILES string of the molecule is CC[NH+](CC(=O)Nc1ccccc1OC)CC(=O)N[C@]1(C)CCS(=O)(=O)C1. The van der Waals surface area contributed by atoms with Crippen LogP contribution in [0.4, 0.5) is 5.69 Å². The molecule has 150 valence electrons. The molecule has 0 radical (unpaired) electrons. The van der Waals surface area contributed by atoms with E-state index >= 15 is 0 Å². The van der Waals surface area contributed by atoms with Gasteiger partial charge in [0.25, 0.3) is 11.8 Å². The number of carbonyl (C=O) groups excluding carboxylic acids is 2. The Morgan fingerprint density at radius 1 is 1.22 bits per heavy atom. The molecule has 1 aliphatic rings. The molecule has 0 aliphatic carbocycles. The molecule has 1 fully saturated rings. The number of para-hydroxylation sites is 2. The van der Waals surface area contributed by atoms with Crippen LogP contribution in [0.25, 0.3) is 0 Å². The van der Waals surface area contributed by atoms with Gasteiger partial charge in [-0.15, -0.1) is 0 Å². The Balaban J connectivity index is 1.89. The zero-order valence-electron chi connectivity index (χ0n) is 16.0. The molecule has 1 aliphatic heterocycles. The average molecular weight is 399 g/mol. The fourth-order valence-electron chi connectivity index (χ4n) is 3.20. The normalized spacial score (nSPS) is 22.0. The number of nitrogens with one attached hydrogen (secondary N) is 3. The first-order valence-corrected chi connectivity index (χ1v) is 10.8. The quantitative estimate of drug-likeness (QED) is 0.533. The van der Waals surface area contributed by atoms with E-state index in [0.29, 0.717) is 24.4 Å². The van der Waals surface area contributed by atoms with Crippen molar-refractivity contribution in [1.29, 1.82) is 0 Å². The molecule has 0 bridgehead atoms. The molecule has 9 heteroatoms. The van der Waals surface area contributed by atoms with Crippen molar-refractivity contribution in [3.8, 4) is 5.75 Å². The van der Waals surface area contributed by atoms with Crippen molar-refractivity contribution in [3.05, 3.63) is 24.3 Å². The molecule has 0 spiro atoms. The summed E-state index contributed by atoms with van der Waals surface area (Å²) >= 11 is 0. The Kier molecular flexibility index (Phi) is 6.83. The van der Waals surface area contributed by atoms with Gasteiger partial charge < -0.3 is 20.3 Å². The van der Waals surface area contributed by atoms with Gasteiger partial charge in [0, 0.05) is 0 Å². The van der Waals surface area contributed by atoms with Crippen LogP contribution in [0.3, 0.4) is 0 Å². The van der Waals surface area contributed by atoms with Gasteiger partial charge in [-0.2, -0.15) is 0 Å². The molecule has 1 unspecified atom stereocenters. The lowest BCUT2D eigenvalue weighted by molar-refractivity contribution is -0.881. The fourth-order valence-corrected chi connectivity index (χ4v) is 5.29. The number of amides is 2. The molecule has 0 aromatic heterocycles. The summed E-state index contributed by atoms with van der Waals surface area (Å²) < 4.78 is 28.5. The molecule has 1 aromatic rings. The first-order chi connectivity index (χ1) is 12.7. The van der Waals surface area contributed by atoms with Crippen LogP contribution < -0.4 is 20.3 Å². The zero-order valence-corrected chi connectivity index (χ0v) is 16.8. The number of methoxy groups -OCH3 is 1. The molecule has 1 saturated heterocycles. The van der Waals surface area contributed by atoms with Crippen molar-refractivity contribution in [2.24, 2.45) is 0 Å². The van der Waals surface area contributed by atoms with E-state index in [9.17, 15) is 18.0 Å². The number of hydrogen-bond donors (Lipinski definition) is 3. The van der Waals surface area contributed by atoms with Gasteiger partial charge in [-0.05, 0) is 32.4 Å². The number of likely N-dealkylation sites (N-methyl/N-ethyl adjacent to an activating group) is 1. The molecular weight excluding hydrogens is 370 g/mol. The van der Waals surface area contributed by atoms with Crippen LogP contribution in [0.2, 0.25) is 0 Å². The van der Waals surface area contributed by atoms with Crippen LogP contribution in [0, 0.1) is 0 Å². The molecule has 3 N–H and O–H groups in total. The van der Waals surface area contributed by atoms with Gasteiger partial charge in [-0.25, -0.2) is 8.42 Å². The first kappa shape index (κ1) is 21.2. The maximum atomic E-state index is 12.3. The smallest absolute Gasteiger partial charge is 0.279 e. The second-order valence-electron chi connectivity index (χ2n) is 7.16. The Hall–Kier alpha value is -2.13. The second-order valence-corrected chi connectivity index (χ2v) is 9.34. The topological polar surface area (TPSA) is 106 Å². The second kappa shape index (κ2) is 8.71. The minimum absolute atomic E-state index is 0.0402. The van der Waals surface area contributed by atoms with E-state index in [1.807, 2.05) is 13.0 Å². The van der Waals surface area contributed by atoms with Crippen molar-refractivity contribution in [3.63, 3.8) is 0 Å². The van der Waals surface area contributed by atoms with Crippen LogP contribution in [-0.4, -0.2) is 64.0 Å². The largest absolute Gasteiger partial charge is 0.495 e. The number of hydrogen-bond acceptors (Lipinski definition) is 5. The minimum Gasteiger partial charge on any atom is -0.495 e. The average Bonchev–Trinajstić information content (AvgIpc) is 2.87. The van der Waals surface area contributed by atoms with Gasteiger partial charge in [0.2, 0.25) is 0 Å². The van der Waals surface area contributed by atoms with E-state index in [4.69, 9.17) is 4.74 Å². The third-order valence-corrected chi connectivity index (χ3v) is 6.55. The summed E-state index contributed by atoms with van der Waals surface area (Å²) in [6.07, 6.45) is 0.414. The maximum absolute atomic E-state index is 12.3. The van der Waals surface area contributed by atoms with Gasteiger partial charge in [0.1, 0.15) is 5.75 Å². The summed E-state index contributed by atoms with van der Waals surface area (Å²) in [4.78, 5) is 25.5. The van der Waals surface area contributed by atoms with Crippen LogP contribution >= 0.6 is 0 Å². The Bertz CT molecular complexity index is 796.